The minimum absolute atomic E-state index is 0.0458. The predicted octanol–water partition coefficient (Wildman–Crippen LogP) is 2.39. The van der Waals surface area contributed by atoms with Crippen LogP contribution >= 0.6 is 0 Å². The molecule has 1 aliphatic rings. The van der Waals surface area contributed by atoms with Crippen molar-refractivity contribution in [3.63, 3.8) is 0 Å². The maximum Gasteiger partial charge on any atom is 0.263 e. The largest absolute Gasteiger partial charge is 0.504 e. The summed E-state index contributed by atoms with van der Waals surface area (Å²) in [6, 6.07) is 8.20. The third-order valence-electron chi connectivity index (χ3n) is 3.62. The van der Waals surface area contributed by atoms with Gasteiger partial charge in [0.05, 0.1) is 4.90 Å². The van der Waals surface area contributed by atoms with Crippen LogP contribution in [-0.2, 0) is 22.9 Å². The fourth-order valence-corrected chi connectivity index (χ4v) is 3.59. The Morgan fingerprint density at radius 3 is 2.71 bits per heavy atom. The van der Waals surface area contributed by atoms with E-state index in [1.165, 1.54) is 11.6 Å². The van der Waals surface area contributed by atoms with E-state index in [1.807, 2.05) is 6.07 Å². The van der Waals surface area contributed by atoms with Crippen molar-refractivity contribution in [1.29, 1.82) is 0 Å². The van der Waals surface area contributed by atoms with Gasteiger partial charge < -0.3 is 5.11 Å². The number of benzene rings is 1. The Balaban J connectivity index is 1.95. The van der Waals surface area contributed by atoms with Crippen LogP contribution < -0.4 is 4.72 Å². The number of fused-ring (bicyclic) bond motifs is 1. The maximum absolute atomic E-state index is 12.4. The van der Waals surface area contributed by atoms with Gasteiger partial charge in [0.2, 0.25) is 0 Å². The summed E-state index contributed by atoms with van der Waals surface area (Å²) in [6.07, 6.45) is 2.97. The lowest BCUT2D eigenvalue weighted by Crippen LogP contribution is -2.14. The molecule has 21 heavy (non-hydrogen) atoms. The number of anilines is 1. The number of hydrogen-bond donors (Lipinski definition) is 2. The number of nitrogens with one attached hydrogen (secondary N) is 1. The van der Waals surface area contributed by atoms with Gasteiger partial charge in [-0.15, -0.1) is 0 Å². The van der Waals surface area contributed by atoms with Crippen LogP contribution in [0.4, 0.5) is 5.82 Å². The molecule has 0 fully saturated rings. The van der Waals surface area contributed by atoms with E-state index in [9.17, 15) is 13.5 Å². The molecule has 5 nitrogen and oxygen atoms in total. The lowest BCUT2D eigenvalue weighted by molar-refractivity contribution is 0.475. The molecule has 1 aromatic carbocycles. The van der Waals surface area contributed by atoms with Crippen molar-refractivity contribution in [3.8, 4) is 5.75 Å². The van der Waals surface area contributed by atoms with Crippen molar-refractivity contribution in [1.82, 2.24) is 4.98 Å². The second kappa shape index (κ2) is 5.04. The summed E-state index contributed by atoms with van der Waals surface area (Å²) >= 11 is 0. The van der Waals surface area contributed by atoms with Gasteiger partial charge in [-0.3, -0.25) is 4.72 Å². The Kier molecular flexibility index (Phi) is 3.33. The molecule has 3 rings (SSSR count). The number of sulfonamides is 1. The Morgan fingerprint density at radius 1 is 1.14 bits per heavy atom. The highest BCUT2D eigenvalue weighted by Gasteiger charge is 2.20. The number of nitrogens with zero attached hydrogens (tertiary/aromatic N) is 1. The average Bonchev–Trinajstić information content (AvgIpc) is 2.90. The summed E-state index contributed by atoms with van der Waals surface area (Å²) in [7, 11) is -3.75. The van der Waals surface area contributed by atoms with E-state index in [0.29, 0.717) is 5.69 Å². The summed E-state index contributed by atoms with van der Waals surface area (Å²) in [5, 5.41) is 9.71. The van der Waals surface area contributed by atoms with Crippen LogP contribution in [0.2, 0.25) is 0 Å². The summed E-state index contributed by atoms with van der Waals surface area (Å²) in [6.45, 7) is 1.73. The van der Waals surface area contributed by atoms with E-state index >= 15 is 0 Å². The van der Waals surface area contributed by atoms with Crippen LogP contribution in [0.1, 0.15) is 23.2 Å². The summed E-state index contributed by atoms with van der Waals surface area (Å²) in [4.78, 5) is 4.22. The van der Waals surface area contributed by atoms with Gasteiger partial charge in [0.1, 0.15) is 0 Å². The molecule has 0 bridgehead atoms. The molecule has 1 aromatic heterocycles. The third-order valence-corrected chi connectivity index (χ3v) is 4.96. The number of hydrogen-bond acceptors (Lipinski definition) is 4. The molecule has 0 saturated carbocycles. The molecule has 0 atom stereocenters. The van der Waals surface area contributed by atoms with E-state index in [1.54, 1.807) is 25.1 Å². The van der Waals surface area contributed by atoms with E-state index in [-0.39, 0.29) is 16.5 Å². The lowest BCUT2D eigenvalue weighted by atomic mass is 10.1. The monoisotopic (exact) mass is 304 g/mol. The van der Waals surface area contributed by atoms with Gasteiger partial charge in [0, 0.05) is 5.69 Å². The van der Waals surface area contributed by atoms with E-state index in [2.05, 4.69) is 9.71 Å². The summed E-state index contributed by atoms with van der Waals surface area (Å²) in [5.74, 6) is -0.235. The molecule has 0 radical (unpaired) electrons. The number of pyridine rings is 1. The molecule has 1 heterocycles. The maximum atomic E-state index is 12.4. The van der Waals surface area contributed by atoms with Gasteiger partial charge in [0.25, 0.3) is 10.0 Å². The number of aromatic hydroxyl groups is 1. The number of rotatable bonds is 3. The Hall–Kier alpha value is -2.08. The van der Waals surface area contributed by atoms with Gasteiger partial charge in [-0.2, -0.15) is 0 Å². The van der Waals surface area contributed by atoms with Gasteiger partial charge >= 0.3 is 0 Å². The zero-order chi connectivity index (χ0) is 15.0. The topological polar surface area (TPSA) is 79.3 Å². The second-order valence-corrected chi connectivity index (χ2v) is 6.89. The highest BCUT2D eigenvalue weighted by atomic mass is 32.2. The average molecular weight is 304 g/mol. The van der Waals surface area contributed by atoms with Gasteiger partial charge in [0.15, 0.2) is 11.6 Å². The van der Waals surface area contributed by atoms with Crippen LogP contribution in [0.5, 0.6) is 5.75 Å². The minimum Gasteiger partial charge on any atom is -0.504 e. The molecule has 0 aliphatic heterocycles. The van der Waals surface area contributed by atoms with Crippen LogP contribution in [0.25, 0.3) is 0 Å². The fourth-order valence-electron chi connectivity index (χ4n) is 2.53. The first-order valence-corrected chi connectivity index (χ1v) is 8.25. The first kappa shape index (κ1) is 13.9. The van der Waals surface area contributed by atoms with Crippen molar-refractivity contribution in [2.24, 2.45) is 0 Å². The smallest absolute Gasteiger partial charge is 0.263 e. The van der Waals surface area contributed by atoms with Crippen molar-refractivity contribution >= 4 is 15.8 Å². The van der Waals surface area contributed by atoms with Gasteiger partial charge in [-0.05, 0) is 61.6 Å². The molecule has 0 saturated heterocycles. The van der Waals surface area contributed by atoms with E-state index < -0.39 is 10.0 Å². The minimum atomic E-state index is -3.75. The van der Waals surface area contributed by atoms with Crippen molar-refractivity contribution < 1.29 is 13.5 Å². The highest BCUT2D eigenvalue weighted by molar-refractivity contribution is 7.92. The predicted molar refractivity (Wildman–Crippen MR) is 79.9 cm³/mol. The van der Waals surface area contributed by atoms with Crippen molar-refractivity contribution in [3.05, 3.63) is 47.2 Å². The van der Waals surface area contributed by atoms with Crippen LogP contribution in [0.3, 0.4) is 0 Å². The van der Waals surface area contributed by atoms with E-state index in [4.69, 9.17) is 0 Å². The first-order chi connectivity index (χ1) is 9.95. The molecule has 1 aliphatic carbocycles. The van der Waals surface area contributed by atoms with Crippen LogP contribution in [0, 0.1) is 6.92 Å². The molecule has 6 heteroatoms. The first-order valence-electron chi connectivity index (χ1n) is 6.77. The normalized spacial score (nSPS) is 14.0. The Labute approximate surface area is 123 Å². The SMILES string of the molecule is Cc1ccc(O)c(NS(=O)(=O)c2ccc3c(c2)CCC3)n1. The number of aryl methyl sites for hydroxylation is 3. The molecule has 0 amide bonds. The molecular weight excluding hydrogens is 288 g/mol. The lowest BCUT2D eigenvalue weighted by Gasteiger charge is -2.10. The molecule has 0 spiro atoms. The van der Waals surface area contributed by atoms with E-state index in [0.717, 1.165) is 24.8 Å². The zero-order valence-corrected chi connectivity index (χ0v) is 12.4. The number of aromatic nitrogens is 1. The zero-order valence-electron chi connectivity index (χ0n) is 11.6. The Morgan fingerprint density at radius 2 is 1.90 bits per heavy atom. The molecular formula is C15H16N2O3S. The third kappa shape index (κ3) is 2.71. The van der Waals surface area contributed by atoms with Crippen molar-refractivity contribution in [2.45, 2.75) is 31.1 Å². The summed E-state index contributed by atoms with van der Waals surface area (Å²) < 4.78 is 27.2. The standard InChI is InChI=1S/C15H16N2O3S/c1-10-5-8-14(18)15(16-10)17-21(19,20)13-7-6-11-3-2-4-12(11)9-13/h5-9,18H,2-4H2,1H3,(H,16,17). The van der Waals surface area contributed by atoms with Gasteiger partial charge in [-0.25, -0.2) is 13.4 Å². The molecule has 0 unspecified atom stereocenters. The van der Waals surface area contributed by atoms with Crippen LogP contribution in [-0.4, -0.2) is 18.5 Å². The fraction of sp³-hybridized carbons (Fsp3) is 0.267. The quantitative estimate of drug-likeness (QED) is 0.912. The van der Waals surface area contributed by atoms with Crippen molar-refractivity contribution in [2.75, 3.05) is 4.72 Å². The van der Waals surface area contributed by atoms with Crippen LogP contribution in [0.15, 0.2) is 35.2 Å². The van der Waals surface area contributed by atoms with Gasteiger partial charge in [-0.1, -0.05) is 6.07 Å². The Bertz CT molecular complexity index is 801. The molecule has 110 valence electrons. The second-order valence-electron chi connectivity index (χ2n) is 5.21. The highest BCUT2D eigenvalue weighted by Crippen LogP contribution is 2.27. The molecule has 2 N–H and O–H groups in total. The summed E-state index contributed by atoms with van der Waals surface area (Å²) in [5.41, 5.74) is 2.92. The molecule has 2 aromatic rings.